The second-order valence-corrected chi connectivity index (χ2v) is 5.36. The molecule has 0 spiro atoms. The summed E-state index contributed by atoms with van der Waals surface area (Å²) in [6, 6.07) is 10.2. The molecule has 0 aliphatic carbocycles. The summed E-state index contributed by atoms with van der Waals surface area (Å²) < 4.78 is 5.58. The molecule has 2 aromatic rings. The summed E-state index contributed by atoms with van der Waals surface area (Å²) in [5, 5.41) is 11.6. The van der Waals surface area contributed by atoms with E-state index in [-0.39, 0.29) is 18.3 Å². The zero-order valence-corrected chi connectivity index (χ0v) is 13.7. The van der Waals surface area contributed by atoms with Crippen LogP contribution in [0.2, 0.25) is 0 Å². The number of Topliss-reactive ketones (excluding diaryl/α,β-unsaturated/α-hetero) is 1. The summed E-state index contributed by atoms with van der Waals surface area (Å²) >= 11 is 0. The van der Waals surface area contributed by atoms with Gasteiger partial charge in [0.15, 0.2) is 11.9 Å². The number of amides is 1. The highest BCUT2D eigenvalue weighted by Crippen LogP contribution is 2.16. The maximum Gasteiger partial charge on any atom is 0.266 e. The quantitative estimate of drug-likeness (QED) is 0.761. The lowest BCUT2D eigenvalue weighted by atomic mass is 10.1. The van der Waals surface area contributed by atoms with Crippen LogP contribution in [0.3, 0.4) is 0 Å². The first-order valence-electron chi connectivity index (χ1n) is 7.64. The van der Waals surface area contributed by atoms with E-state index in [1.165, 1.54) is 6.92 Å². The van der Waals surface area contributed by atoms with E-state index in [1.54, 1.807) is 49.5 Å². The first kappa shape index (κ1) is 17.6. The number of aliphatic hydroxyl groups is 1. The zero-order valence-electron chi connectivity index (χ0n) is 13.7. The maximum absolute atomic E-state index is 12.2. The number of aliphatic hydroxyl groups excluding tert-OH is 1. The Balaban J connectivity index is 2.00. The summed E-state index contributed by atoms with van der Waals surface area (Å²) in [4.78, 5) is 27.7. The number of anilines is 1. The van der Waals surface area contributed by atoms with Gasteiger partial charge in [0.25, 0.3) is 5.91 Å². The summed E-state index contributed by atoms with van der Waals surface area (Å²) in [5.74, 6) is 0.436. The third kappa shape index (κ3) is 4.89. The third-order valence-corrected chi connectivity index (χ3v) is 3.40. The van der Waals surface area contributed by atoms with E-state index in [0.717, 1.165) is 5.56 Å². The smallest absolute Gasteiger partial charge is 0.266 e. The number of benzene rings is 1. The van der Waals surface area contributed by atoms with Gasteiger partial charge < -0.3 is 15.2 Å². The molecule has 1 unspecified atom stereocenters. The van der Waals surface area contributed by atoms with Crippen LogP contribution in [0.25, 0.3) is 0 Å². The van der Waals surface area contributed by atoms with Gasteiger partial charge in [0, 0.05) is 18.4 Å². The fourth-order valence-electron chi connectivity index (χ4n) is 2.10. The number of hydrogen-bond acceptors (Lipinski definition) is 5. The van der Waals surface area contributed by atoms with Crippen molar-refractivity contribution in [3.8, 4) is 5.75 Å². The molecular formula is C18H20N2O4. The summed E-state index contributed by atoms with van der Waals surface area (Å²) in [6.07, 6.45) is 1.31. The molecule has 0 fully saturated rings. The first-order chi connectivity index (χ1) is 11.5. The van der Waals surface area contributed by atoms with E-state index < -0.39 is 6.10 Å². The molecule has 1 heterocycles. The minimum atomic E-state index is -0.754. The first-order valence-corrected chi connectivity index (χ1v) is 7.64. The fourth-order valence-corrected chi connectivity index (χ4v) is 2.10. The van der Waals surface area contributed by atoms with Crippen molar-refractivity contribution in [1.82, 2.24) is 4.98 Å². The van der Waals surface area contributed by atoms with Gasteiger partial charge in [-0.05, 0) is 50.1 Å². The summed E-state index contributed by atoms with van der Waals surface area (Å²) in [6.45, 7) is 3.12. The van der Waals surface area contributed by atoms with Gasteiger partial charge in [0.05, 0.1) is 0 Å². The molecular weight excluding hydrogens is 308 g/mol. The number of ketones is 1. The molecule has 24 heavy (non-hydrogen) atoms. The topological polar surface area (TPSA) is 88.5 Å². The van der Waals surface area contributed by atoms with Gasteiger partial charge >= 0.3 is 0 Å². The van der Waals surface area contributed by atoms with Crippen molar-refractivity contribution in [2.45, 2.75) is 26.4 Å². The van der Waals surface area contributed by atoms with Crippen LogP contribution >= 0.6 is 0 Å². The van der Waals surface area contributed by atoms with Crippen LogP contribution in [-0.2, 0) is 11.2 Å². The number of nitrogens with one attached hydrogen (secondary N) is 1. The molecule has 1 aromatic heterocycles. The highest BCUT2D eigenvalue weighted by molar-refractivity contribution is 5.95. The lowest BCUT2D eigenvalue weighted by Gasteiger charge is -2.15. The van der Waals surface area contributed by atoms with Gasteiger partial charge in [-0.25, -0.2) is 4.98 Å². The lowest BCUT2D eigenvalue weighted by molar-refractivity contribution is -0.122. The number of carbonyl (C=O) groups excluding carboxylic acids is 2. The summed E-state index contributed by atoms with van der Waals surface area (Å²) in [5.41, 5.74) is 1.41. The Morgan fingerprint density at radius 1 is 1.29 bits per heavy atom. The third-order valence-electron chi connectivity index (χ3n) is 3.40. The predicted molar refractivity (Wildman–Crippen MR) is 90.2 cm³/mol. The average molecular weight is 328 g/mol. The van der Waals surface area contributed by atoms with Crippen molar-refractivity contribution in [2.24, 2.45) is 0 Å². The van der Waals surface area contributed by atoms with Crippen LogP contribution in [-0.4, -0.2) is 34.5 Å². The lowest BCUT2D eigenvalue weighted by Crippen LogP contribution is -2.30. The SMILES string of the molecule is CC(=O)c1cccc(OC(C)C(=O)Nc2cc(CCO)ccn2)c1. The number of pyridine rings is 1. The van der Waals surface area contributed by atoms with Gasteiger partial charge in [-0.2, -0.15) is 0 Å². The van der Waals surface area contributed by atoms with Crippen molar-refractivity contribution in [3.05, 3.63) is 53.7 Å². The van der Waals surface area contributed by atoms with Crippen molar-refractivity contribution in [1.29, 1.82) is 0 Å². The molecule has 2 N–H and O–H groups in total. The maximum atomic E-state index is 12.2. The van der Waals surface area contributed by atoms with E-state index in [4.69, 9.17) is 9.84 Å². The molecule has 0 saturated carbocycles. The molecule has 6 nitrogen and oxygen atoms in total. The van der Waals surface area contributed by atoms with E-state index >= 15 is 0 Å². The van der Waals surface area contributed by atoms with Crippen molar-refractivity contribution >= 4 is 17.5 Å². The van der Waals surface area contributed by atoms with Gasteiger partial charge in [-0.3, -0.25) is 9.59 Å². The molecule has 1 atom stereocenters. The van der Waals surface area contributed by atoms with Crippen LogP contribution in [0, 0.1) is 0 Å². The molecule has 0 radical (unpaired) electrons. The fraction of sp³-hybridized carbons (Fsp3) is 0.278. The van der Waals surface area contributed by atoms with Crippen LogP contribution in [0.1, 0.15) is 29.8 Å². The Morgan fingerprint density at radius 3 is 2.79 bits per heavy atom. The largest absolute Gasteiger partial charge is 0.481 e. The standard InChI is InChI=1S/C18H20N2O4/c1-12(22)15-4-3-5-16(11-15)24-13(2)18(23)20-17-10-14(7-9-21)6-8-19-17/h3-6,8,10-11,13,21H,7,9H2,1-2H3,(H,19,20,23). The van der Waals surface area contributed by atoms with Gasteiger partial charge in [-0.1, -0.05) is 12.1 Å². The number of nitrogens with zero attached hydrogens (tertiary/aromatic N) is 1. The molecule has 0 aliphatic heterocycles. The zero-order chi connectivity index (χ0) is 17.5. The van der Waals surface area contributed by atoms with E-state index in [0.29, 0.717) is 23.6 Å². The number of ether oxygens (including phenoxy) is 1. The predicted octanol–water partition coefficient (Wildman–Crippen LogP) is 2.22. The van der Waals surface area contributed by atoms with Crippen molar-refractivity contribution < 1.29 is 19.4 Å². The minimum absolute atomic E-state index is 0.0312. The highest BCUT2D eigenvalue weighted by atomic mass is 16.5. The second kappa shape index (κ2) is 8.21. The number of carbonyl (C=O) groups is 2. The van der Waals surface area contributed by atoms with Crippen LogP contribution in [0.15, 0.2) is 42.6 Å². The Morgan fingerprint density at radius 2 is 2.08 bits per heavy atom. The molecule has 1 aromatic carbocycles. The molecule has 0 bridgehead atoms. The van der Waals surface area contributed by atoms with E-state index in [2.05, 4.69) is 10.3 Å². The average Bonchev–Trinajstić information content (AvgIpc) is 2.55. The van der Waals surface area contributed by atoms with Crippen LogP contribution in [0.5, 0.6) is 5.75 Å². The molecule has 6 heteroatoms. The van der Waals surface area contributed by atoms with Crippen LogP contribution in [0.4, 0.5) is 5.82 Å². The number of aromatic nitrogens is 1. The molecule has 0 aliphatic rings. The van der Waals surface area contributed by atoms with Crippen molar-refractivity contribution in [3.63, 3.8) is 0 Å². The monoisotopic (exact) mass is 328 g/mol. The molecule has 2 rings (SSSR count). The summed E-state index contributed by atoms with van der Waals surface area (Å²) in [7, 11) is 0. The Labute approximate surface area is 140 Å². The van der Waals surface area contributed by atoms with Gasteiger partial charge in [0.2, 0.25) is 0 Å². The van der Waals surface area contributed by atoms with Crippen molar-refractivity contribution in [2.75, 3.05) is 11.9 Å². The van der Waals surface area contributed by atoms with Gasteiger partial charge in [-0.15, -0.1) is 0 Å². The molecule has 1 amide bonds. The second-order valence-electron chi connectivity index (χ2n) is 5.36. The Bertz CT molecular complexity index is 730. The van der Waals surface area contributed by atoms with Crippen LogP contribution < -0.4 is 10.1 Å². The van der Waals surface area contributed by atoms with E-state index in [9.17, 15) is 9.59 Å². The Kier molecular flexibility index (Phi) is 6.03. The molecule has 126 valence electrons. The number of rotatable bonds is 7. The normalized spacial score (nSPS) is 11.6. The highest BCUT2D eigenvalue weighted by Gasteiger charge is 2.16. The number of hydrogen-bond donors (Lipinski definition) is 2. The van der Waals surface area contributed by atoms with E-state index in [1.807, 2.05) is 0 Å². The van der Waals surface area contributed by atoms with Gasteiger partial charge in [0.1, 0.15) is 11.6 Å². The minimum Gasteiger partial charge on any atom is -0.481 e. The Hall–Kier alpha value is -2.73. The molecule has 0 saturated heterocycles.